The van der Waals surface area contributed by atoms with Crippen molar-refractivity contribution >= 4 is 41.0 Å². The average molecular weight is 633 g/mol. The van der Waals surface area contributed by atoms with E-state index < -0.39 is 17.7 Å². The standard InChI is InChI=1S/C33H52N4O4S2/c1-33(2,3)41-32(39)37-23-43-22-29(37)30(38)35-28(15-12-24-8-6-5-7-9-24)31(42)34-20-25-16-18-36(19-17-25)21-26-10-13-27(40-4)14-11-26/h10-11,13-14,24-25,28-29H,5-9,12,15-23H2,1-4H3,(H,34,42)(H,35,38)/t28-,29+/m1/s1. The molecule has 0 spiro atoms. The number of amides is 2. The zero-order valence-corrected chi connectivity index (χ0v) is 28.2. The van der Waals surface area contributed by atoms with Gasteiger partial charge in [-0.25, -0.2) is 4.79 Å². The zero-order valence-electron chi connectivity index (χ0n) is 26.6. The highest BCUT2D eigenvalue weighted by Gasteiger charge is 2.38. The van der Waals surface area contributed by atoms with Crippen molar-refractivity contribution in [1.82, 2.24) is 20.4 Å². The van der Waals surface area contributed by atoms with Crippen LogP contribution < -0.4 is 15.4 Å². The minimum atomic E-state index is -0.606. The second-order valence-electron chi connectivity index (χ2n) is 13.4. The van der Waals surface area contributed by atoms with Crippen LogP contribution in [0.25, 0.3) is 0 Å². The van der Waals surface area contributed by atoms with E-state index in [1.165, 1.54) is 37.7 Å². The summed E-state index contributed by atoms with van der Waals surface area (Å²) in [7, 11) is 1.70. The van der Waals surface area contributed by atoms with Crippen LogP contribution in [0.1, 0.15) is 84.1 Å². The largest absolute Gasteiger partial charge is 0.497 e. The summed E-state index contributed by atoms with van der Waals surface area (Å²) in [4.78, 5) is 31.2. The number of hydrogen-bond acceptors (Lipinski definition) is 7. The Morgan fingerprint density at radius 3 is 2.40 bits per heavy atom. The van der Waals surface area contributed by atoms with E-state index in [-0.39, 0.29) is 11.9 Å². The lowest BCUT2D eigenvalue weighted by molar-refractivity contribution is -0.125. The number of hydrogen-bond donors (Lipinski definition) is 2. The molecule has 1 aliphatic carbocycles. The molecule has 10 heteroatoms. The SMILES string of the molecule is COc1ccc(CN2CCC(CNC(=S)[C@@H](CCC3CCCCC3)NC(=O)[C@@H]3CSCN3C(=O)OC(C)(C)C)CC2)cc1. The number of thiocarbonyl (C=S) groups is 1. The van der Waals surface area contributed by atoms with Gasteiger partial charge in [0, 0.05) is 18.8 Å². The van der Waals surface area contributed by atoms with Gasteiger partial charge in [0.15, 0.2) is 0 Å². The number of carbonyl (C=O) groups is 2. The number of rotatable bonds is 11. The normalized spacial score (nSPS) is 21.3. The van der Waals surface area contributed by atoms with Gasteiger partial charge in [-0.2, -0.15) is 0 Å². The smallest absolute Gasteiger partial charge is 0.411 e. The molecular formula is C33H52N4O4S2. The van der Waals surface area contributed by atoms with Gasteiger partial charge in [0.2, 0.25) is 5.91 Å². The molecule has 8 nitrogen and oxygen atoms in total. The minimum absolute atomic E-state index is 0.138. The maximum atomic E-state index is 13.5. The molecule has 0 aromatic heterocycles. The van der Waals surface area contributed by atoms with Crippen molar-refractivity contribution in [3.63, 3.8) is 0 Å². The molecule has 1 saturated carbocycles. The molecule has 2 amide bonds. The highest BCUT2D eigenvalue weighted by molar-refractivity contribution is 7.99. The second kappa shape index (κ2) is 16.3. The highest BCUT2D eigenvalue weighted by Crippen LogP contribution is 2.29. The molecule has 4 rings (SSSR count). The Labute approximate surface area is 268 Å². The monoisotopic (exact) mass is 632 g/mol. The van der Waals surface area contributed by atoms with E-state index in [2.05, 4.69) is 27.7 Å². The van der Waals surface area contributed by atoms with Crippen molar-refractivity contribution < 1.29 is 19.1 Å². The van der Waals surface area contributed by atoms with E-state index in [0.717, 1.165) is 62.6 Å². The summed E-state index contributed by atoms with van der Waals surface area (Å²) in [6.07, 6.45) is 10.1. The summed E-state index contributed by atoms with van der Waals surface area (Å²) in [6, 6.07) is 7.56. The second-order valence-corrected chi connectivity index (χ2v) is 14.9. The molecule has 2 atom stereocenters. The molecule has 2 heterocycles. The number of thioether (sulfide) groups is 1. The molecular weight excluding hydrogens is 581 g/mol. The van der Waals surface area contributed by atoms with Gasteiger partial charge in [-0.1, -0.05) is 56.5 Å². The Kier molecular flexibility index (Phi) is 12.8. The van der Waals surface area contributed by atoms with Crippen molar-refractivity contribution in [1.29, 1.82) is 0 Å². The van der Waals surface area contributed by atoms with Crippen LogP contribution in [0.2, 0.25) is 0 Å². The van der Waals surface area contributed by atoms with Crippen LogP contribution in [-0.4, -0.2) is 82.8 Å². The van der Waals surface area contributed by atoms with Crippen LogP contribution >= 0.6 is 24.0 Å². The third-order valence-corrected chi connectivity index (χ3v) is 10.3. The molecule has 0 bridgehead atoms. The van der Waals surface area contributed by atoms with Gasteiger partial charge in [-0.05, 0) is 89.1 Å². The van der Waals surface area contributed by atoms with Gasteiger partial charge < -0.3 is 20.1 Å². The quantitative estimate of drug-likeness (QED) is 0.289. The number of methoxy groups -OCH3 is 1. The molecule has 3 aliphatic rings. The van der Waals surface area contributed by atoms with Gasteiger partial charge in [-0.15, -0.1) is 11.8 Å². The van der Waals surface area contributed by atoms with Gasteiger partial charge in [0.1, 0.15) is 17.4 Å². The molecule has 2 aliphatic heterocycles. The molecule has 240 valence electrons. The van der Waals surface area contributed by atoms with E-state index in [9.17, 15) is 9.59 Å². The topological polar surface area (TPSA) is 83.1 Å². The molecule has 0 radical (unpaired) electrons. The zero-order chi connectivity index (χ0) is 30.8. The predicted octanol–water partition coefficient (Wildman–Crippen LogP) is 5.98. The third-order valence-electron chi connectivity index (χ3n) is 8.87. The first-order valence-electron chi connectivity index (χ1n) is 16.1. The van der Waals surface area contributed by atoms with Crippen molar-refractivity contribution in [3.05, 3.63) is 29.8 Å². The van der Waals surface area contributed by atoms with Crippen LogP contribution in [0.5, 0.6) is 5.75 Å². The molecule has 43 heavy (non-hydrogen) atoms. The van der Waals surface area contributed by atoms with E-state index in [1.54, 1.807) is 23.8 Å². The van der Waals surface area contributed by atoms with E-state index >= 15 is 0 Å². The Balaban J connectivity index is 1.28. The minimum Gasteiger partial charge on any atom is -0.497 e. The van der Waals surface area contributed by atoms with E-state index in [4.69, 9.17) is 21.7 Å². The van der Waals surface area contributed by atoms with Crippen molar-refractivity contribution in [2.24, 2.45) is 11.8 Å². The van der Waals surface area contributed by atoms with E-state index in [0.29, 0.717) is 23.5 Å². The Morgan fingerprint density at radius 2 is 1.74 bits per heavy atom. The lowest BCUT2D eigenvalue weighted by atomic mass is 9.85. The van der Waals surface area contributed by atoms with Crippen LogP contribution in [0.4, 0.5) is 4.79 Å². The summed E-state index contributed by atoms with van der Waals surface area (Å²) in [5.74, 6) is 3.02. The number of benzene rings is 1. The number of ether oxygens (including phenoxy) is 2. The number of carbonyl (C=O) groups excluding carboxylic acids is 2. The third kappa shape index (κ3) is 10.8. The van der Waals surface area contributed by atoms with Crippen LogP contribution in [-0.2, 0) is 16.1 Å². The molecule has 0 unspecified atom stereocenters. The maximum absolute atomic E-state index is 13.5. The number of nitrogens with zero attached hydrogens (tertiary/aromatic N) is 2. The molecule has 1 aromatic rings. The van der Waals surface area contributed by atoms with Crippen molar-refractivity contribution in [2.75, 3.05) is 38.4 Å². The fourth-order valence-corrected chi connectivity index (χ4v) is 7.68. The van der Waals surface area contributed by atoms with Gasteiger partial charge in [0.25, 0.3) is 0 Å². The lowest BCUT2D eigenvalue weighted by Gasteiger charge is -2.33. The highest BCUT2D eigenvalue weighted by atomic mass is 32.2. The maximum Gasteiger partial charge on any atom is 0.411 e. The van der Waals surface area contributed by atoms with Gasteiger partial charge in [-0.3, -0.25) is 14.6 Å². The fraction of sp³-hybridized carbons (Fsp3) is 0.727. The Morgan fingerprint density at radius 1 is 1.05 bits per heavy atom. The predicted molar refractivity (Wildman–Crippen MR) is 179 cm³/mol. The van der Waals surface area contributed by atoms with Crippen LogP contribution in [0.15, 0.2) is 24.3 Å². The molecule has 1 aromatic carbocycles. The summed E-state index contributed by atoms with van der Waals surface area (Å²) in [6.45, 7) is 9.45. The summed E-state index contributed by atoms with van der Waals surface area (Å²) < 4.78 is 10.9. The molecule has 3 fully saturated rings. The Bertz CT molecular complexity index is 1050. The van der Waals surface area contributed by atoms with Crippen molar-refractivity contribution in [3.8, 4) is 5.75 Å². The average Bonchev–Trinajstić information content (AvgIpc) is 3.49. The lowest BCUT2D eigenvalue weighted by Crippen LogP contribution is -2.54. The summed E-state index contributed by atoms with van der Waals surface area (Å²) in [5.41, 5.74) is 0.701. The summed E-state index contributed by atoms with van der Waals surface area (Å²) in [5, 5.41) is 6.81. The van der Waals surface area contributed by atoms with Crippen molar-refractivity contribution in [2.45, 2.75) is 103 Å². The first kappa shape index (κ1) is 33.8. The van der Waals surface area contributed by atoms with Crippen LogP contribution in [0.3, 0.4) is 0 Å². The van der Waals surface area contributed by atoms with Gasteiger partial charge >= 0.3 is 6.09 Å². The summed E-state index contributed by atoms with van der Waals surface area (Å²) >= 11 is 7.51. The molecule has 2 N–H and O–H groups in total. The van der Waals surface area contributed by atoms with Gasteiger partial charge in [0.05, 0.1) is 24.0 Å². The first-order valence-corrected chi connectivity index (χ1v) is 17.7. The number of likely N-dealkylation sites (tertiary alicyclic amines) is 1. The number of nitrogens with one attached hydrogen (secondary N) is 2. The fourth-order valence-electron chi connectivity index (χ4n) is 6.28. The number of piperidine rings is 1. The first-order chi connectivity index (χ1) is 20.6. The van der Waals surface area contributed by atoms with Crippen LogP contribution in [0, 0.1) is 11.8 Å². The molecule has 2 saturated heterocycles. The Hall–Kier alpha value is -2.04. The van der Waals surface area contributed by atoms with E-state index in [1.807, 2.05) is 32.9 Å².